The monoisotopic (exact) mass is 479 g/mol. The Morgan fingerprint density at radius 3 is 2.47 bits per heavy atom. The summed E-state index contributed by atoms with van der Waals surface area (Å²) < 4.78 is 10.6. The van der Waals surface area contributed by atoms with Crippen molar-refractivity contribution in [2.45, 2.75) is 19.0 Å². The van der Waals surface area contributed by atoms with Gasteiger partial charge >= 0.3 is 0 Å². The topological polar surface area (TPSA) is 89.0 Å². The molecule has 0 radical (unpaired) electrons. The van der Waals surface area contributed by atoms with Gasteiger partial charge in [0.05, 0.1) is 26.3 Å². The second-order valence-electron chi connectivity index (χ2n) is 7.63. The number of amides is 3. The molecule has 2 aromatic carbocycles. The smallest absolute Gasteiger partial charge is 0.257 e. The van der Waals surface area contributed by atoms with E-state index in [1.807, 2.05) is 0 Å². The van der Waals surface area contributed by atoms with Crippen LogP contribution in [0.1, 0.15) is 22.3 Å². The predicted octanol–water partition coefficient (Wildman–Crippen LogP) is 3.73. The van der Waals surface area contributed by atoms with Crippen LogP contribution in [0.5, 0.6) is 11.5 Å². The Hall–Kier alpha value is -3.91. The molecule has 34 heavy (non-hydrogen) atoms. The van der Waals surface area contributed by atoms with Crippen molar-refractivity contribution >= 4 is 35.0 Å². The molecular weight excluding hydrogens is 458 g/mol. The number of anilines is 1. The van der Waals surface area contributed by atoms with Crippen LogP contribution in [0.25, 0.3) is 0 Å². The van der Waals surface area contributed by atoms with Crippen molar-refractivity contribution in [1.29, 1.82) is 0 Å². The molecule has 0 aliphatic carbocycles. The molecule has 1 aliphatic heterocycles. The SMILES string of the molecule is COc1ccc(C(=O)N(Cc2cccnc2)C2CC(=O)N(c3ccc(Cl)cc3)C2=O)cc1OC. The fraction of sp³-hybridized carbons (Fsp3) is 0.200. The Morgan fingerprint density at radius 2 is 1.82 bits per heavy atom. The van der Waals surface area contributed by atoms with Gasteiger partial charge in [0.15, 0.2) is 11.5 Å². The zero-order valence-electron chi connectivity index (χ0n) is 18.6. The number of halogens is 1. The first-order chi connectivity index (χ1) is 16.4. The van der Waals surface area contributed by atoms with Crippen LogP contribution in [0.3, 0.4) is 0 Å². The highest BCUT2D eigenvalue weighted by Gasteiger charge is 2.44. The molecule has 1 aromatic heterocycles. The largest absolute Gasteiger partial charge is 0.493 e. The molecule has 3 aromatic rings. The molecule has 3 amide bonds. The minimum Gasteiger partial charge on any atom is -0.493 e. The minimum absolute atomic E-state index is 0.0964. The van der Waals surface area contributed by atoms with Gasteiger partial charge in [0.2, 0.25) is 5.91 Å². The maximum Gasteiger partial charge on any atom is 0.257 e. The van der Waals surface area contributed by atoms with E-state index in [0.717, 1.165) is 10.5 Å². The molecular formula is C25H22ClN3O5. The van der Waals surface area contributed by atoms with E-state index in [2.05, 4.69) is 4.98 Å². The summed E-state index contributed by atoms with van der Waals surface area (Å²) in [5.41, 5.74) is 1.43. The van der Waals surface area contributed by atoms with Crippen LogP contribution in [0.15, 0.2) is 67.0 Å². The first kappa shape index (κ1) is 23.3. The lowest BCUT2D eigenvalue weighted by atomic mass is 10.1. The lowest BCUT2D eigenvalue weighted by Gasteiger charge is -2.28. The number of imide groups is 1. The molecule has 9 heteroatoms. The van der Waals surface area contributed by atoms with Crippen molar-refractivity contribution in [2.75, 3.05) is 19.1 Å². The molecule has 174 valence electrons. The van der Waals surface area contributed by atoms with Crippen LogP contribution < -0.4 is 14.4 Å². The van der Waals surface area contributed by atoms with Gasteiger partial charge in [0.1, 0.15) is 6.04 Å². The number of rotatable bonds is 7. The molecule has 4 rings (SSSR count). The van der Waals surface area contributed by atoms with Gasteiger partial charge in [-0.1, -0.05) is 17.7 Å². The van der Waals surface area contributed by atoms with Crippen LogP contribution in [0.4, 0.5) is 5.69 Å². The molecule has 1 fully saturated rings. The Labute approximate surface area is 201 Å². The van der Waals surface area contributed by atoms with Gasteiger partial charge in [0.25, 0.3) is 11.8 Å². The number of nitrogens with zero attached hydrogens (tertiary/aromatic N) is 3. The van der Waals surface area contributed by atoms with Crippen molar-refractivity contribution in [2.24, 2.45) is 0 Å². The Balaban J connectivity index is 1.70. The highest BCUT2D eigenvalue weighted by molar-refractivity contribution is 6.31. The van der Waals surface area contributed by atoms with Gasteiger partial charge in [0, 0.05) is 29.5 Å². The van der Waals surface area contributed by atoms with E-state index in [-0.39, 0.29) is 13.0 Å². The number of benzene rings is 2. The summed E-state index contributed by atoms with van der Waals surface area (Å²) in [6.07, 6.45) is 3.10. The summed E-state index contributed by atoms with van der Waals surface area (Å²) in [6, 6.07) is 13.7. The van der Waals surface area contributed by atoms with Gasteiger partial charge in [-0.3, -0.25) is 19.4 Å². The number of carbonyl (C=O) groups excluding carboxylic acids is 3. The normalized spacial score (nSPS) is 15.4. The molecule has 8 nitrogen and oxygen atoms in total. The van der Waals surface area contributed by atoms with Crippen molar-refractivity contribution in [3.05, 3.63) is 83.1 Å². The Morgan fingerprint density at radius 1 is 1.09 bits per heavy atom. The number of hydrogen-bond donors (Lipinski definition) is 0. The van der Waals surface area contributed by atoms with E-state index in [0.29, 0.717) is 27.8 Å². The highest BCUT2D eigenvalue weighted by Crippen LogP contribution is 2.31. The average Bonchev–Trinajstić information content (AvgIpc) is 3.16. The molecule has 0 saturated carbocycles. The third kappa shape index (κ3) is 4.58. The maximum absolute atomic E-state index is 13.7. The number of aromatic nitrogens is 1. The zero-order valence-corrected chi connectivity index (χ0v) is 19.4. The van der Waals surface area contributed by atoms with Crippen LogP contribution in [-0.4, -0.2) is 47.9 Å². The number of pyridine rings is 1. The molecule has 1 saturated heterocycles. The summed E-state index contributed by atoms with van der Waals surface area (Å²) in [4.78, 5) is 46.5. The van der Waals surface area contributed by atoms with Gasteiger partial charge in [-0.2, -0.15) is 0 Å². The Bertz CT molecular complexity index is 1220. The second-order valence-corrected chi connectivity index (χ2v) is 8.06. The summed E-state index contributed by atoms with van der Waals surface area (Å²) >= 11 is 5.95. The van der Waals surface area contributed by atoms with Crippen molar-refractivity contribution in [1.82, 2.24) is 9.88 Å². The first-order valence-electron chi connectivity index (χ1n) is 10.5. The van der Waals surface area contributed by atoms with E-state index in [9.17, 15) is 14.4 Å². The van der Waals surface area contributed by atoms with Crippen LogP contribution in [0, 0.1) is 0 Å². The van der Waals surface area contributed by atoms with E-state index in [1.54, 1.807) is 67.0 Å². The molecule has 0 N–H and O–H groups in total. The lowest BCUT2D eigenvalue weighted by molar-refractivity contribution is -0.122. The molecule has 1 unspecified atom stereocenters. The lowest BCUT2D eigenvalue weighted by Crippen LogP contribution is -2.45. The van der Waals surface area contributed by atoms with Gasteiger partial charge in [-0.25, -0.2) is 4.90 Å². The van der Waals surface area contributed by atoms with E-state index in [1.165, 1.54) is 19.1 Å². The first-order valence-corrected chi connectivity index (χ1v) is 10.8. The van der Waals surface area contributed by atoms with Crippen molar-refractivity contribution in [3.8, 4) is 11.5 Å². The number of carbonyl (C=O) groups is 3. The van der Waals surface area contributed by atoms with Gasteiger partial charge in [-0.15, -0.1) is 0 Å². The molecule has 1 atom stereocenters. The predicted molar refractivity (Wildman–Crippen MR) is 126 cm³/mol. The fourth-order valence-electron chi connectivity index (χ4n) is 3.87. The zero-order chi connectivity index (χ0) is 24.2. The van der Waals surface area contributed by atoms with Crippen molar-refractivity contribution in [3.63, 3.8) is 0 Å². The van der Waals surface area contributed by atoms with E-state index >= 15 is 0 Å². The standard InChI is InChI=1S/C25H22ClN3O5/c1-33-21-10-5-17(12-22(21)34-2)24(31)28(15-16-4-3-11-27-14-16)20-13-23(30)29(25(20)32)19-8-6-18(26)7-9-19/h3-12,14,20H,13,15H2,1-2H3. The molecule has 2 heterocycles. The number of methoxy groups -OCH3 is 2. The third-order valence-electron chi connectivity index (χ3n) is 5.55. The van der Waals surface area contributed by atoms with Gasteiger partial charge < -0.3 is 14.4 Å². The van der Waals surface area contributed by atoms with Gasteiger partial charge in [-0.05, 0) is 54.1 Å². The summed E-state index contributed by atoms with van der Waals surface area (Å²) in [7, 11) is 2.98. The van der Waals surface area contributed by atoms with E-state index < -0.39 is 23.8 Å². The average molecular weight is 480 g/mol. The fourth-order valence-corrected chi connectivity index (χ4v) is 3.99. The Kier molecular flexibility index (Phi) is 6.79. The summed E-state index contributed by atoms with van der Waals surface area (Å²) in [6.45, 7) is 0.0964. The maximum atomic E-state index is 13.7. The van der Waals surface area contributed by atoms with Crippen LogP contribution >= 0.6 is 11.6 Å². The summed E-state index contributed by atoms with van der Waals surface area (Å²) in [5.74, 6) is -0.447. The van der Waals surface area contributed by atoms with E-state index in [4.69, 9.17) is 21.1 Å². The highest BCUT2D eigenvalue weighted by atomic mass is 35.5. The number of ether oxygens (including phenoxy) is 2. The third-order valence-corrected chi connectivity index (χ3v) is 5.80. The van der Waals surface area contributed by atoms with Crippen LogP contribution in [-0.2, 0) is 16.1 Å². The van der Waals surface area contributed by atoms with Crippen molar-refractivity contribution < 1.29 is 23.9 Å². The van der Waals surface area contributed by atoms with Crippen LogP contribution in [0.2, 0.25) is 5.02 Å². The molecule has 0 spiro atoms. The number of hydrogen-bond acceptors (Lipinski definition) is 6. The minimum atomic E-state index is -0.982. The summed E-state index contributed by atoms with van der Waals surface area (Å²) in [5, 5.41) is 0.487. The molecule has 1 aliphatic rings. The quantitative estimate of drug-likeness (QED) is 0.480. The second kappa shape index (κ2) is 9.93. The molecule has 0 bridgehead atoms.